The second kappa shape index (κ2) is 7.79. The van der Waals surface area contributed by atoms with E-state index < -0.39 is 11.7 Å². The number of para-hydroxylation sites is 1. The highest BCUT2D eigenvalue weighted by Gasteiger charge is 2.32. The van der Waals surface area contributed by atoms with Gasteiger partial charge in [0, 0.05) is 5.75 Å². The van der Waals surface area contributed by atoms with Gasteiger partial charge in [0.15, 0.2) is 5.16 Å². The van der Waals surface area contributed by atoms with Gasteiger partial charge in [-0.3, -0.25) is 9.36 Å². The lowest BCUT2D eigenvalue weighted by Gasteiger charge is -2.14. The number of halogens is 3. The van der Waals surface area contributed by atoms with Crippen molar-refractivity contribution in [2.75, 3.05) is 0 Å². The SMILES string of the molecule is O=c1c2ccccc2nc(SCc2ccccc2C(F)(F)F)n1Cc1ccco1. The van der Waals surface area contributed by atoms with Crippen LogP contribution >= 0.6 is 11.8 Å². The molecule has 148 valence electrons. The lowest BCUT2D eigenvalue weighted by Crippen LogP contribution is -2.23. The monoisotopic (exact) mass is 416 g/mol. The van der Waals surface area contributed by atoms with Crippen LogP contribution in [-0.4, -0.2) is 9.55 Å². The summed E-state index contributed by atoms with van der Waals surface area (Å²) in [6.07, 6.45) is -2.94. The number of rotatable bonds is 5. The molecule has 0 aliphatic carbocycles. The summed E-state index contributed by atoms with van der Waals surface area (Å²) in [5.74, 6) is 0.584. The number of hydrogen-bond donors (Lipinski definition) is 0. The Labute approximate surface area is 168 Å². The first-order valence-electron chi connectivity index (χ1n) is 8.73. The van der Waals surface area contributed by atoms with Gasteiger partial charge in [0.1, 0.15) is 5.76 Å². The fraction of sp³-hybridized carbons (Fsp3) is 0.143. The van der Waals surface area contributed by atoms with Gasteiger partial charge in [0.25, 0.3) is 5.56 Å². The Kier molecular flexibility index (Phi) is 5.19. The van der Waals surface area contributed by atoms with Crippen molar-refractivity contribution in [1.29, 1.82) is 0 Å². The normalized spacial score (nSPS) is 11.8. The molecule has 0 saturated carbocycles. The summed E-state index contributed by atoms with van der Waals surface area (Å²) >= 11 is 1.09. The van der Waals surface area contributed by atoms with Crippen LogP contribution in [-0.2, 0) is 18.5 Å². The zero-order valence-corrected chi connectivity index (χ0v) is 15.8. The molecule has 0 aliphatic rings. The van der Waals surface area contributed by atoms with Gasteiger partial charge < -0.3 is 4.42 Å². The number of aromatic nitrogens is 2. The lowest BCUT2D eigenvalue weighted by molar-refractivity contribution is -0.138. The van der Waals surface area contributed by atoms with E-state index in [0.29, 0.717) is 21.8 Å². The van der Waals surface area contributed by atoms with E-state index in [0.717, 1.165) is 17.8 Å². The van der Waals surface area contributed by atoms with Crippen molar-refractivity contribution in [3.05, 3.63) is 94.2 Å². The van der Waals surface area contributed by atoms with E-state index in [1.807, 2.05) is 0 Å². The Balaban J connectivity index is 1.74. The summed E-state index contributed by atoms with van der Waals surface area (Å²) in [5.41, 5.74) is -0.316. The molecule has 4 aromatic rings. The van der Waals surface area contributed by atoms with Crippen LogP contribution in [0.25, 0.3) is 10.9 Å². The third-order valence-electron chi connectivity index (χ3n) is 4.40. The molecule has 4 nitrogen and oxygen atoms in total. The Morgan fingerprint density at radius 1 is 1.00 bits per heavy atom. The van der Waals surface area contributed by atoms with Crippen molar-refractivity contribution < 1.29 is 17.6 Å². The van der Waals surface area contributed by atoms with Gasteiger partial charge in [-0.15, -0.1) is 0 Å². The zero-order valence-electron chi connectivity index (χ0n) is 15.0. The third kappa shape index (κ3) is 4.07. The second-order valence-corrected chi connectivity index (χ2v) is 7.27. The predicted octanol–water partition coefficient (Wildman–Crippen LogP) is 5.35. The van der Waals surface area contributed by atoms with Crippen molar-refractivity contribution >= 4 is 22.7 Å². The van der Waals surface area contributed by atoms with E-state index in [-0.39, 0.29) is 23.4 Å². The van der Waals surface area contributed by atoms with Crippen LogP contribution in [0.2, 0.25) is 0 Å². The smallest absolute Gasteiger partial charge is 0.416 e. The summed E-state index contributed by atoms with van der Waals surface area (Å²) in [7, 11) is 0. The minimum Gasteiger partial charge on any atom is -0.467 e. The molecule has 0 amide bonds. The maximum atomic E-state index is 13.3. The number of alkyl halides is 3. The molecule has 0 atom stereocenters. The molecule has 8 heteroatoms. The summed E-state index contributed by atoms with van der Waals surface area (Å²) < 4.78 is 46.6. The van der Waals surface area contributed by atoms with E-state index in [4.69, 9.17) is 4.42 Å². The van der Waals surface area contributed by atoms with E-state index in [9.17, 15) is 18.0 Å². The Hall–Kier alpha value is -3.00. The van der Waals surface area contributed by atoms with Crippen LogP contribution in [0.3, 0.4) is 0 Å². The second-order valence-electron chi connectivity index (χ2n) is 6.33. The molecule has 0 radical (unpaired) electrons. The Morgan fingerprint density at radius 2 is 1.76 bits per heavy atom. The predicted molar refractivity (Wildman–Crippen MR) is 105 cm³/mol. The molecular weight excluding hydrogens is 401 g/mol. The van der Waals surface area contributed by atoms with Gasteiger partial charge in [-0.2, -0.15) is 13.2 Å². The highest BCUT2D eigenvalue weighted by Crippen LogP contribution is 2.34. The minimum absolute atomic E-state index is 0.0264. The Bertz CT molecular complexity index is 1200. The minimum atomic E-state index is -4.44. The summed E-state index contributed by atoms with van der Waals surface area (Å²) in [6.45, 7) is 0.146. The number of hydrogen-bond acceptors (Lipinski definition) is 4. The first-order chi connectivity index (χ1) is 13.9. The first-order valence-corrected chi connectivity index (χ1v) is 9.72. The molecule has 0 spiro atoms. The van der Waals surface area contributed by atoms with Gasteiger partial charge in [0.05, 0.1) is 29.3 Å². The zero-order chi connectivity index (χ0) is 20.4. The van der Waals surface area contributed by atoms with Gasteiger partial charge in [-0.1, -0.05) is 42.1 Å². The van der Waals surface area contributed by atoms with Crippen molar-refractivity contribution in [3.63, 3.8) is 0 Å². The number of nitrogens with zero attached hydrogens (tertiary/aromatic N) is 2. The van der Waals surface area contributed by atoms with Crippen molar-refractivity contribution in [2.45, 2.75) is 23.6 Å². The molecule has 2 heterocycles. The average molecular weight is 416 g/mol. The summed E-state index contributed by atoms with van der Waals surface area (Å²) in [4.78, 5) is 17.5. The molecule has 0 aliphatic heterocycles. The first kappa shape index (κ1) is 19.3. The van der Waals surface area contributed by atoms with Gasteiger partial charge in [-0.25, -0.2) is 4.98 Å². The molecule has 2 aromatic heterocycles. The summed E-state index contributed by atoms with van der Waals surface area (Å²) in [5, 5.41) is 0.779. The van der Waals surface area contributed by atoms with Crippen molar-refractivity contribution in [3.8, 4) is 0 Å². The molecule has 29 heavy (non-hydrogen) atoms. The Morgan fingerprint density at radius 3 is 2.52 bits per heavy atom. The van der Waals surface area contributed by atoms with Crippen molar-refractivity contribution in [2.24, 2.45) is 0 Å². The quantitative estimate of drug-likeness (QED) is 0.325. The third-order valence-corrected chi connectivity index (χ3v) is 5.43. The topological polar surface area (TPSA) is 48.0 Å². The lowest BCUT2D eigenvalue weighted by atomic mass is 10.1. The molecule has 0 bridgehead atoms. The molecule has 0 unspecified atom stereocenters. The standard InChI is InChI=1S/C21H15F3N2O2S/c22-21(23,24)17-9-3-1-6-14(17)13-29-20-25-18-10-4-2-8-16(18)19(27)26(20)12-15-7-5-11-28-15/h1-11H,12-13H2. The maximum absolute atomic E-state index is 13.3. The maximum Gasteiger partial charge on any atom is 0.416 e. The average Bonchev–Trinajstić information content (AvgIpc) is 3.22. The van der Waals surface area contributed by atoms with Gasteiger partial charge >= 0.3 is 6.18 Å². The largest absolute Gasteiger partial charge is 0.467 e. The van der Waals surface area contributed by atoms with Crippen LogP contribution in [0, 0.1) is 0 Å². The number of benzene rings is 2. The fourth-order valence-electron chi connectivity index (χ4n) is 3.02. The van der Waals surface area contributed by atoms with Crippen LogP contribution in [0.4, 0.5) is 13.2 Å². The van der Waals surface area contributed by atoms with E-state index in [1.165, 1.54) is 23.0 Å². The van der Waals surface area contributed by atoms with Gasteiger partial charge in [-0.05, 0) is 35.9 Å². The number of fused-ring (bicyclic) bond motifs is 1. The number of furan rings is 1. The van der Waals surface area contributed by atoms with E-state index in [2.05, 4.69) is 4.98 Å². The van der Waals surface area contributed by atoms with Gasteiger partial charge in [0.2, 0.25) is 0 Å². The number of thioether (sulfide) groups is 1. The highest BCUT2D eigenvalue weighted by molar-refractivity contribution is 7.98. The highest BCUT2D eigenvalue weighted by atomic mass is 32.2. The van der Waals surface area contributed by atoms with Crippen LogP contribution in [0.1, 0.15) is 16.9 Å². The van der Waals surface area contributed by atoms with E-state index >= 15 is 0 Å². The van der Waals surface area contributed by atoms with Crippen LogP contribution in [0.15, 0.2) is 81.3 Å². The van der Waals surface area contributed by atoms with E-state index in [1.54, 1.807) is 42.5 Å². The van der Waals surface area contributed by atoms with Crippen molar-refractivity contribution in [1.82, 2.24) is 9.55 Å². The van der Waals surface area contributed by atoms with Crippen LogP contribution < -0.4 is 5.56 Å². The van der Waals surface area contributed by atoms with Crippen LogP contribution in [0.5, 0.6) is 0 Å². The molecule has 0 N–H and O–H groups in total. The molecular formula is C21H15F3N2O2S. The molecule has 4 rings (SSSR count). The summed E-state index contributed by atoms with van der Waals surface area (Å²) in [6, 6.07) is 15.8. The molecule has 0 fully saturated rings. The molecule has 2 aromatic carbocycles. The fourth-order valence-corrected chi connectivity index (χ4v) is 4.02. The molecule has 0 saturated heterocycles.